The molecule has 0 spiro atoms. The largest absolute Gasteiger partial charge is 0.453 e. The van der Waals surface area contributed by atoms with Gasteiger partial charge in [0.1, 0.15) is 11.4 Å². The second-order valence-corrected chi connectivity index (χ2v) is 5.51. The predicted octanol–water partition coefficient (Wildman–Crippen LogP) is 4.40. The van der Waals surface area contributed by atoms with Crippen molar-refractivity contribution in [3.8, 4) is 17.6 Å². The van der Waals surface area contributed by atoms with Crippen LogP contribution in [0.3, 0.4) is 0 Å². The van der Waals surface area contributed by atoms with Crippen LogP contribution in [0.4, 0.5) is 15.8 Å². The molecule has 0 aliphatic carbocycles. The molecule has 0 atom stereocenters. The van der Waals surface area contributed by atoms with E-state index in [4.69, 9.17) is 10.00 Å². The summed E-state index contributed by atoms with van der Waals surface area (Å²) in [6.07, 6.45) is 3.05. The number of rotatable bonds is 6. The minimum atomic E-state index is -0.575. The zero-order chi connectivity index (χ0) is 19.2. The maximum Gasteiger partial charge on any atom is 0.293 e. The SMILES string of the molecule is N#Cc1ccc(NCc2ccc(Oc3cccnc3)c(F)c2)c([N+](=O)[O-])c1. The van der Waals surface area contributed by atoms with Crippen LogP contribution >= 0.6 is 0 Å². The Morgan fingerprint density at radius 3 is 2.78 bits per heavy atom. The molecule has 0 aliphatic rings. The van der Waals surface area contributed by atoms with E-state index in [9.17, 15) is 14.5 Å². The van der Waals surface area contributed by atoms with E-state index in [1.807, 2.05) is 6.07 Å². The fraction of sp³-hybridized carbons (Fsp3) is 0.0526. The van der Waals surface area contributed by atoms with Crippen molar-refractivity contribution in [2.75, 3.05) is 5.32 Å². The lowest BCUT2D eigenvalue weighted by atomic mass is 10.1. The molecular formula is C19H13FN4O3. The second kappa shape index (κ2) is 7.93. The Morgan fingerprint density at radius 2 is 2.11 bits per heavy atom. The van der Waals surface area contributed by atoms with E-state index in [2.05, 4.69) is 10.3 Å². The Bertz CT molecular complexity index is 1020. The fourth-order valence-electron chi connectivity index (χ4n) is 2.37. The molecule has 0 amide bonds. The van der Waals surface area contributed by atoms with Crippen LogP contribution in [-0.4, -0.2) is 9.91 Å². The summed E-state index contributed by atoms with van der Waals surface area (Å²) in [5.41, 5.74) is 0.793. The van der Waals surface area contributed by atoms with E-state index >= 15 is 0 Å². The topological polar surface area (TPSA) is 101 Å². The summed E-state index contributed by atoms with van der Waals surface area (Å²) in [4.78, 5) is 14.5. The van der Waals surface area contributed by atoms with Crippen molar-refractivity contribution in [2.24, 2.45) is 0 Å². The minimum absolute atomic E-state index is 0.0519. The molecule has 27 heavy (non-hydrogen) atoms. The standard InChI is InChI=1S/C19H13FN4O3/c20-16-8-14(4-6-19(16)27-15-2-1-7-22-12-15)11-23-17-5-3-13(10-21)9-18(17)24(25)26/h1-9,12,23H,11H2. The van der Waals surface area contributed by atoms with Crippen LogP contribution in [0, 0.1) is 27.3 Å². The maximum absolute atomic E-state index is 14.3. The normalized spacial score (nSPS) is 10.1. The summed E-state index contributed by atoms with van der Waals surface area (Å²) in [6.45, 7) is 0.164. The summed E-state index contributed by atoms with van der Waals surface area (Å²) >= 11 is 0. The first kappa shape index (κ1) is 17.8. The average molecular weight is 364 g/mol. The molecule has 2 aromatic carbocycles. The number of halogens is 1. The molecule has 3 rings (SSSR count). The molecule has 8 heteroatoms. The van der Waals surface area contributed by atoms with Crippen molar-refractivity contribution in [1.29, 1.82) is 5.26 Å². The van der Waals surface area contributed by atoms with Crippen LogP contribution < -0.4 is 10.1 Å². The third-order valence-electron chi connectivity index (χ3n) is 3.66. The lowest BCUT2D eigenvalue weighted by Gasteiger charge is -2.10. The Balaban J connectivity index is 1.73. The Hall–Kier alpha value is -3.99. The van der Waals surface area contributed by atoms with Crippen LogP contribution in [0.2, 0.25) is 0 Å². The molecule has 0 fully saturated rings. The number of aromatic nitrogens is 1. The zero-order valence-electron chi connectivity index (χ0n) is 13.9. The summed E-state index contributed by atoms with van der Waals surface area (Å²) in [6, 6.07) is 13.7. The highest BCUT2D eigenvalue weighted by molar-refractivity contribution is 5.64. The molecule has 1 heterocycles. The third-order valence-corrected chi connectivity index (χ3v) is 3.66. The van der Waals surface area contributed by atoms with Gasteiger partial charge >= 0.3 is 0 Å². The van der Waals surface area contributed by atoms with Gasteiger partial charge in [0.2, 0.25) is 0 Å². The average Bonchev–Trinajstić information content (AvgIpc) is 2.69. The number of hydrogen-bond acceptors (Lipinski definition) is 6. The molecule has 0 saturated carbocycles. The van der Waals surface area contributed by atoms with Gasteiger partial charge in [-0.1, -0.05) is 6.07 Å². The number of nitrogens with one attached hydrogen (secondary N) is 1. The number of nitro groups is 1. The summed E-state index contributed by atoms with van der Waals surface area (Å²) in [5, 5.41) is 22.9. The second-order valence-electron chi connectivity index (χ2n) is 5.51. The molecule has 0 saturated heterocycles. The lowest BCUT2D eigenvalue weighted by Crippen LogP contribution is -2.03. The predicted molar refractivity (Wildman–Crippen MR) is 95.8 cm³/mol. The van der Waals surface area contributed by atoms with Gasteiger partial charge in [0.15, 0.2) is 11.6 Å². The van der Waals surface area contributed by atoms with E-state index in [0.29, 0.717) is 11.3 Å². The monoisotopic (exact) mass is 364 g/mol. The van der Waals surface area contributed by atoms with Crippen molar-refractivity contribution in [1.82, 2.24) is 4.98 Å². The molecule has 0 radical (unpaired) electrons. The molecule has 1 N–H and O–H groups in total. The van der Waals surface area contributed by atoms with Crippen molar-refractivity contribution in [2.45, 2.75) is 6.54 Å². The molecule has 0 unspecified atom stereocenters. The van der Waals surface area contributed by atoms with Gasteiger partial charge in [0, 0.05) is 18.8 Å². The fourth-order valence-corrected chi connectivity index (χ4v) is 2.37. The van der Waals surface area contributed by atoms with Crippen LogP contribution in [0.25, 0.3) is 0 Å². The van der Waals surface area contributed by atoms with Gasteiger partial charge in [-0.05, 0) is 42.0 Å². The first-order valence-corrected chi connectivity index (χ1v) is 7.85. The lowest BCUT2D eigenvalue weighted by molar-refractivity contribution is -0.384. The zero-order valence-corrected chi connectivity index (χ0v) is 13.9. The van der Waals surface area contributed by atoms with E-state index in [1.54, 1.807) is 24.4 Å². The summed E-state index contributed by atoms with van der Waals surface area (Å²) < 4.78 is 19.7. The number of anilines is 1. The Morgan fingerprint density at radius 1 is 1.26 bits per heavy atom. The van der Waals surface area contributed by atoms with Crippen molar-refractivity contribution in [3.63, 3.8) is 0 Å². The van der Waals surface area contributed by atoms with Gasteiger partial charge < -0.3 is 10.1 Å². The highest BCUT2D eigenvalue weighted by atomic mass is 19.1. The number of benzene rings is 2. The van der Waals surface area contributed by atoms with E-state index in [1.165, 1.54) is 36.5 Å². The summed E-state index contributed by atoms with van der Waals surface area (Å²) in [5.74, 6) is -0.0981. The van der Waals surface area contributed by atoms with Crippen molar-refractivity contribution < 1.29 is 14.1 Å². The Labute approximate surface area is 153 Å². The first-order valence-electron chi connectivity index (χ1n) is 7.85. The van der Waals surface area contributed by atoms with Gasteiger partial charge in [-0.25, -0.2) is 4.39 Å². The van der Waals surface area contributed by atoms with E-state index in [0.717, 1.165) is 0 Å². The highest BCUT2D eigenvalue weighted by Gasteiger charge is 2.15. The number of nitrogens with zero attached hydrogens (tertiary/aromatic N) is 3. The van der Waals surface area contributed by atoms with Gasteiger partial charge in [-0.15, -0.1) is 0 Å². The highest BCUT2D eigenvalue weighted by Crippen LogP contribution is 2.27. The molecular weight excluding hydrogens is 351 g/mol. The van der Waals surface area contributed by atoms with Crippen LogP contribution in [0.1, 0.15) is 11.1 Å². The number of pyridine rings is 1. The Kier molecular flexibility index (Phi) is 5.23. The first-order chi connectivity index (χ1) is 13.1. The maximum atomic E-state index is 14.3. The van der Waals surface area contributed by atoms with Crippen LogP contribution in [-0.2, 0) is 6.54 Å². The number of nitriles is 1. The quantitative estimate of drug-likeness (QED) is 0.514. The van der Waals surface area contributed by atoms with Crippen LogP contribution in [0.15, 0.2) is 60.9 Å². The molecule has 1 aromatic heterocycles. The van der Waals surface area contributed by atoms with Gasteiger partial charge in [0.25, 0.3) is 5.69 Å². The number of ether oxygens (including phenoxy) is 1. The van der Waals surface area contributed by atoms with Crippen molar-refractivity contribution >= 4 is 11.4 Å². The van der Waals surface area contributed by atoms with Gasteiger partial charge in [-0.3, -0.25) is 15.1 Å². The van der Waals surface area contributed by atoms with Crippen molar-refractivity contribution in [3.05, 3.63) is 88.0 Å². The number of nitro benzene ring substituents is 1. The molecule has 0 bridgehead atoms. The van der Waals surface area contributed by atoms with E-state index < -0.39 is 10.7 Å². The number of hydrogen-bond donors (Lipinski definition) is 1. The minimum Gasteiger partial charge on any atom is -0.453 e. The molecule has 3 aromatic rings. The van der Waals surface area contributed by atoms with Gasteiger partial charge in [0.05, 0.1) is 22.8 Å². The molecule has 7 nitrogen and oxygen atoms in total. The summed E-state index contributed by atoms with van der Waals surface area (Å²) in [7, 11) is 0. The van der Waals surface area contributed by atoms with Gasteiger partial charge in [-0.2, -0.15) is 5.26 Å². The molecule has 134 valence electrons. The smallest absolute Gasteiger partial charge is 0.293 e. The van der Waals surface area contributed by atoms with E-state index in [-0.39, 0.29) is 29.2 Å². The third kappa shape index (κ3) is 4.35. The molecule has 0 aliphatic heterocycles. The van der Waals surface area contributed by atoms with Crippen LogP contribution in [0.5, 0.6) is 11.5 Å².